The van der Waals surface area contributed by atoms with Crippen molar-refractivity contribution in [3.63, 3.8) is 0 Å². The Balaban J connectivity index is 1.61. The molecule has 0 aromatic heterocycles. The van der Waals surface area contributed by atoms with Crippen molar-refractivity contribution in [1.29, 1.82) is 0 Å². The maximum Gasteiger partial charge on any atom is 0.262 e. The fraction of sp³-hybridized carbons (Fsp3) is 0.381. The van der Waals surface area contributed by atoms with Crippen molar-refractivity contribution in [2.45, 2.75) is 13.8 Å². The summed E-state index contributed by atoms with van der Waals surface area (Å²) in [5, 5.41) is 2.91. The number of carbonyl (C=O) groups is 1. The van der Waals surface area contributed by atoms with Crippen molar-refractivity contribution < 1.29 is 17.9 Å². The smallest absolute Gasteiger partial charge is 0.262 e. The van der Waals surface area contributed by atoms with Gasteiger partial charge in [-0.3, -0.25) is 4.79 Å². The van der Waals surface area contributed by atoms with Gasteiger partial charge in [-0.15, -0.1) is 0 Å². The maximum absolute atomic E-state index is 12.4. The van der Waals surface area contributed by atoms with Gasteiger partial charge < -0.3 is 15.0 Å². The Morgan fingerprint density at radius 1 is 1.03 bits per heavy atom. The number of carbonyl (C=O) groups excluding carboxylic acids is 1. The van der Waals surface area contributed by atoms with Crippen LogP contribution >= 0.6 is 0 Å². The summed E-state index contributed by atoms with van der Waals surface area (Å²) in [6.07, 6.45) is 1.23. The Bertz CT molecular complexity index is 983. The molecule has 1 heterocycles. The summed E-state index contributed by atoms with van der Waals surface area (Å²) in [4.78, 5) is 14.5. The Hall–Kier alpha value is -2.58. The van der Waals surface area contributed by atoms with Crippen molar-refractivity contribution in [3.05, 3.63) is 53.6 Å². The number of amides is 1. The van der Waals surface area contributed by atoms with Crippen LogP contribution in [-0.4, -0.2) is 57.7 Å². The third-order valence-electron chi connectivity index (χ3n) is 5.07. The molecular formula is C21H27N3O4S. The van der Waals surface area contributed by atoms with E-state index in [4.69, 9.17) is 4.74 Å². The van der Waals surface area contributed by atoms with E-state index >= 15 is 0 Å². The lowest BCUT2D eigenvalue weighted by Crippen LogP contribution is -2.48. The second-order valence-electron chi connectivity index (χ2n) is 7.25. The van der Waals surface area contributed by atoms with Crippen molar-refractivity contribution in [3.8, 4) is 5.75 Å². The monoisotopic (exact) mass is 417 g/mol. The zero-order valence-corrected chi connectivity index (χ0v) is 17.8. The van der Waals surface area contributed by atoms with Crippen LogP contribution in [0.3, 0.4) is 0 Å². The number of para-hydroxylation sites is 2. The van der Waals surface area contributed by atoms with Gasteiger partial charge in [0.2, 0.25) is 10.0 Å². The van der Waals surface area contributed by atoms with Crippen molar-refractivity contribution >= 4 is 27.3 Å². The number of hydrogen-bond donors (Lipinski definition) is 1. The fourth-order valence-electron chi connectivity index (χ4n) is 3.25. The molecular weight excluding hydrogens is 390 g/mol. The molecule has 2 aromatic carbocycles. The molecule has 1 aliphatic heterocycles. The molecule has 29 heavy (non-hydrogen) atoms. The van der Waals surface area contributed by atoms with Gasteiger partial charge in [-0.1, -0.05) is 18.2 Å². The molecule has 0 saturated carbocycles. The minimum Gasteiger partial charge on any atom is -0.484 e. The first kappa shape index (κ1) is 21.1. The molecule has 8 heteroatoms. The van der Waals surface area contributed by atoms with Crippen LogP contribution in [0, 0.1) is 13.8 Å². The predicted molar refractivity (Wildman–Crippen MR) is 115 cm³/mol. The van der Waals surface area contributed by atoms with E-state index in [0.29, 0.717) is 37.6 Å². The second kappa shape index (κ2) is 8.84. The summed E-state index contributed by atoms with van der Waals surface area (Å²) < 4.78 is 30.5. The average Bonchev–Trinajstić information content (AvgIpc) is 2.69. The predicted octanol–water partition coefficient (Wildman–Crippen LogP) is 2.40. The summed E-state index contributed by atoms with van der Waals surface area (Å²) in [5.74, 6) is 0.416. The highest BCUT2D eigenvalue weighted by atomic mass is 32.2. The third-order valence-corrected chi connectivity index (χ3v) is 6.38. The van der Waals surface area contributed by atoms with E-state index in [1.165, 1.54) is 16.1 Å². The Kier molecular flexibility index (Phi) is 6.44. The lowest BCUT2D eigenvalue weighted by atomic mass is 10.1. The number of aryl methyl sites for hydroxylation is 2. The molecule has 156 valence electrons. The van der Waals surface area contributed by atoms with E-state index in [1.54, 1.807) is 0 Å². The van der Waals surface area contributed by atoms with Crippen molar-refractivity contribution in [2.75, 3.05) is 49.3 Å². The van der Waals surface area contributed by atoms with Crippen molar-refractivity contribution in [1.82, 2.24) is 4.31 Å². The summed E-state index contributed by atoms with van der Waals surface area (Å²) in [6, 6.07) is 13.3. The molecule has 0 radical (unpaired) electrons. The molecule has 2 aromatic rings. The average molecular weight is 418 g/mol. The molecule has 0 unspecified atom stereocenters. The number of nitrogens with zero attached hydrogens (tertiary/aromatic N) is 2. The number of sulfonamides is 1. The first-order valence-corrected chi connectivity index (χ1v) is 11.4. The maximum atomic E-state index is 12.4. The van der Waals surface area contributed by atoms with Gasteiger partial charge in [-0.25, -0.2) is 8.42 Å². The molecule has 1 saturated heterocycles. The van der Waals surface area contributed by atoms with Crippen LogP contribution in [0.2, 0.25) is 0 Å². The number of anilines is 2. The van der Waals surface area contributed by atoms with Gasteiger partial charge in [0.05, 0.1) is 17.6 Å². The highest BCUT2D eigenvalue weighted by Gasteiger charge is 2.24. The van der Waals surface area contributed by atoms with Gasteiger partial charge >= 0.3 is 0 Å². The summed E-state index contributed by atoms with van der Waals surface area (Å²) in [7, 11) is -3.18. The van der Waals surface area contributed by atoms with Crippen LogP contribution in [0.15, 0.2) is 42.5 Å². The van der Waals surface area contributed by atoms with Gasteiger partial charge in [0, 0.05) is 26.2 Å². The number of rotatable bonds is 6. The van der Waals surface area contributed by atoms with Crippen LogP contribution in [0.1, 0.15) is 11.1 Å². The highest BCUT2D eigenvalue weighted by molar-refractivity contribution is 7.88. The number of piperazine rings is 1. The minimum absolute atomic E-state index is 0.0846. The number of benzene rings is 2. The Labute approximate surface area is 172 Å². The van der Waals surface area contributed by atoms with Gasteiger partial charge in [0.15, 0.2) is 6.61 Å². The number of hydrogen-bond acceptors (Lipinski definition) is 5. The first-order valence-electron chi connectivity index (χ1n) is 9.53. The van der Waals surface area contributed by atoms with Crippen molar-refractivity contribution in [2.24, 2.45) is 0 Å². The molecule has 1 fully saturated rings. The van der Waals surface area contributed by atoms with Crippen LogP contribution < -0.4 is 15.0 Å². The van der Waals surface area contributed by atoms with E-state index in [1.807, 2.05) is 56.3 Å². The largest absolute Gasteiger partial charge is 0.484 e. The summed E-state index contributed by atoms with van der Waals surface area (Å²) in [5.41, 5.74) is 3.85. The van der Waals surface area contributed by atoms with Gasteiger partial charge in [-0.2, -0.15) is 4.31 Å². The van der Waals surface area contributed by atoms with Gasteiger partial charge in [0.1, 0.15) is 5.75 Å². The minimum atomic E-state index is -3.18. The first-order chi connectivity index (χ1) is 13.7. The standard InChI is InChI=1S/C21H27N3O4S/c1-16-8-9-18(14-17(16)2)28-15-21(25)22-19-6-4-5-7-20(19)23-10-12-24(13-11-23)29(3,26)27/h4-9,14H,10-13,15H2,1-3H3,(H,22,25). The normalized spacial score (nSPS) is 15.2. The van der Waals surface area contributed by atoms with E-state index in [2.05, 4.69) is 10.2 Å². The Morgan fingerprint density at radius 3 is 2.38 bits per heavy atom. The molecule has 7 nitrogen and oxygen atoms in total. The van der Waals surface area contributed by atoms with Gasteiger partial charge in [-0.05, 0) is 49.2 Å². The molecule has 1 aliphatic rings. The summed E-state index contributed by atoms with van der Waals surface area (Å²) >= 11 is 0. The molecule has 0 aliphatic carbocycles. The molecule has 0 spiro atoms. The quantitative estimate of drug-likeness (QED) is 0.781. The summed E-state index contributed by atoms with van der Waals surface area (Å²) in [6.45, 7) is 5.94. The second-order valence-corrected chi connectivity index (χ2v) is 9.23. The fourth-order valence-corrected chi connectivity index (χ4v) is 4.08. The SMILES string of the molecule is Cc1ccc(OCC(=O)Nc2ccccc2N2CCN(S(C)(=O)=O)CC2)cc1C. The molecule has 3 rings (SSSR count). The van der Waals surface area contributed by atoms with Crippen LogP contribution in [0.5, 0.6) is 5.75 Å². The molecule has 0 atom stereocenters. The van der Waals surface area contributed by atoms with E-state index in [9.17, 15) is 13.2 Å². The molecule has 1 N–H and O–H groups in total. The lowest BCUT2D eigenvalue weighted by Gasteiger charge is -2.35. The third kappa shape index (κ3) is 5.48. The zero-order chi connectivity index (χ0) is 21.0. The molecule has 0 bridgehead atoms. The van der Waals surface area contributed by atoms with E-state index in [-0.39, 0.29) is 12.5 Å². The van der Waals surface area contributed by atoms with E-state index < -0.39 is 10.0 Å². The van der Waals surface area contributed by atoms with Crippen LogP contribution in [0.25, 0.3) is 0 Å². The Morgan fingerprint density at radius 2 is 1.72 bits per heavy atom. The number of nitrogens with one attached hydrogen (secondary N) is 1. The van der Waals surface area contributed by atoms with Gasteiger partial charge in [0.25, 0.3) is 5.91 Å². The zero-order valence-electron chi connectivity index (χ0n) is 17.0. The lowest BCUT2D eigenvalue weighted by molar-refractivity contribution is -0.118. The van der Waals surface area contributed by atoms with E-state index in [0.717, 1.165) is 11.3 Å². The van der Waals surface area contributed by atoms with Crippen LogP contribution in [0.4, 0.5) is 11.4 Å². The van der Waals surface area contributed by atoms with Crippen LogP contribution in [-0.2, 0) is 14.8 Å². The number of ether oxygens (including phenoxy) is 1. The molecule has 1 amide bonds. The topological polar surface area (TPSA) is 79.0 Å². The highest BCUT2D eigenvalue weighted by Crippen LogP contribution is 2.27.